The van der Waals surface area contributed by atoms with Crippen molar-refractivity contribution in [2.75, 3.05) is 6.54 Å². The summed E-state index contributed by atoms with van der Waals surface area (Å²) in [5.41, 5.74) is 0.753. The summed E-state index contributed by atoms with van der Waals surface area (Å²) in [6.45, 7) is 4.71. The fraction of sp³-hybridized carbons (Fsp3) is 0.571. The number of nitrogens with one attached hydrogen (secondary N) is 1. The molecule has 1 aromatic carbocycles. The Morgan fingerprint density at radius 1 is 1.29 bits per heavy atom. The van der Waals surface area contributed by atoms with Gasteiger partial charge in [-0.15, -0.1) is 0 Å². The highest BCUT2D eigenvalue weighted by Crippen LogP contribution is 2.09. The van der Waals surface area contributed by atoms with Crippen LogP contribution < -0.4 is 5.32 Å². The van der Waals surface area contributed by atoms with Crippen LogP contribution in [0.15, 0.2) is 24.3 Å². The molecule has 3 heteroatoms. The van der Waals surface area contributed by atoms with Crippen LogP contribution in [0.2, 0.25) is 0 Å². The third kappa shape index (κ3) is 5.80. The Bertz CT molecular complexity index is 328. The Morgan fingerprint density at radius 3 is 2.65 bits per heavy atom. The summed E-state index contributed by atoms with van der Waals surface area (Å²) in [6, 6.07) is 7.14. The van der Waals surface area contributed by atoms with Crippen LogP contribution in [-0.2, 0) is 6.42 Å². The first-order chi connectivity index (χ1) is 8.09. The molecule has 1 aromatic rings. The van der Waals surface area contributed by atoms with Gasteiger partial charge in [-0.1, -0.05) is 18.2 Å². The van der Waals surface area contributed by atoms with Crippen molar-refractivity contribution in [3.8, 4) is 0 Å². The van der Waals surface area contributed by atoms with Crippen molar-refractivity contribution in [1.29, 1.82) is 0 Å². The second-order valence-corrected chi connectivity index (χ2v) is 4.64. The van der Waals surface area contributed by atoms with Crippen LogP contribution in [0.4, 0.5) is 4.39 Å². The number of benzene rings is 1. The first-order valence-electron chi connectivity index (χ1n) is 6.24. The molecule has 17 heavy (non-hydrogen) atoms. The Morgan fingerprint density at radius 2 is 2.00 bits per heavy atom. The van der Waals surface area contributed by atoms with Gasteiger partial charge in [-0.25, -0.2) is 4.39 Å². The van der Waals surface area contributed by atoms with E-state index in [9.17, 15) is 4.39 Å². The molecular formula is C14H22FNO. The second-order valence-electron chi connectivity index (χ2n) is 4.64. The minimum absolute atomic E-state index is 0.134. The molecule has 0 amide bonds. The van der Waals surface area contributed by atoms with E-state index in [0.717, 1.165) is 24.9 Å². The molecule has 1 rings (SSSR count). The van der Waals surface area contributed by atoms with Gasteiger partial charge in [0.05, 0.1) is 6.10 Å². The monoisotopic (exact) mass is 239 g/mol. The van der Waals surface area contributed by atoms with E-state index >= 15 is 0 Å². The van der Waals surface area contributed by atoms with Crippen LogP contribution in [0.25, 0.3) is 0 Å². The molecule has 0 saturated heterocycles. The number of rotatable bonds is 7. The molecule has 2 nitrogen and oxygen atoms in total. The van der Waals surface area contributed by atoms with Crippen molar-refractivity contribution < 1.29 is 9.50 Å². The quantitative estimate of drug-likeness (QED) is 0.717. The number of aliphatic hydroxyl groups is 1. The van der Waals surface area contributed by atoms with E-state index < -0.39 is 0 Å². The molecule has 0 aromatic heterocycles. The molecule has 0 fully saturated rings. The van der Waals surface area contributed by atoms with Gasteiger partial charge >= 0.3 is 0 Å². The molecule has 96 valence electrons. The van der Waals surface area contributed by atoms with E-state index in [1.54, 1.807) is 13.0 Å². The van der Waals surface area contributed by atoms with E-state index in [2.05, 4.69) is 12.2 Å². The predicted octanol–water partition coefficient (Wildman–Crippen LogP) is 2.51. The molecule has 0 aliphatic heterocycles. The first kappa shape index (κ1) is 14.1. The van der Waals surface area contributed by atoms with Crippen molar-refractivity contribution in [3.63, 3.8) is 0 Å². The molecular weight excluding hydrogens is 217 g/mol. The number of aliphatic hydroxyl groups excluding tert-OH is 1. The molecule has 0 radical (unpaired) electrons. The largest absolute Gasteiger partial charge is 0.393 e. The topological polar surface area (TPSA) is 32.3 Å². The maximum Gasteiger partial charge on any atom is 0.126 e. The van der Waals surface area contributed by atoms with Gasteiger partial charge in [-0.3, -0.25) is 0 Å². The van der Waals surface area contributed by atoms with Gasteiger partial charge in [-0.2, -0.15) is 0 Å². The average molecular weight is 239 g/mol. The van der Waals surface area contributed by atoms with Gasteiger partial charge in [0.25, 0.3) is 0 Å². The SMILES string of the molecule is CC(O)CCCNC(C)Cc1ccccc1F. The van der Waals surface area contributed by atoms with Crippen LogP contribution in [-0.4, -0.2) is 23.8 Å². The number of halogens is 1. The Hall–Kier alpha value is -0.930. The molecule has 0 saturated carbocycles. The van der Waals surface area contributed by atoms with Crippen molar-refractivity contribution >= 4 is 0 Å². The van der Waals surface area contributed by atoms with E-state index in [4.69, 9.17) is 5.11 Å². The zero-order valence-electron chi connectivity index (χ0n) is 10.6. The summed E-state index contributed by atoms with van der Waals surface area (Å²) in [4.78, 5) is 0. The van der Waals surface area contributed by atoms with Crippen molar-refractivity contribution in [1.82, 2.24) is 5.32 Å². The summed E-state index contributed by atoms with van der Waals surface area (Å²) >= 11 is 0. The highest BCUT2D eigenvalue weighted by molar-refractivity contribution is 5.18. The van der Waals surface area contributed by atoms with Crippen molar-refractivity contribution in [2.24, 2.45) is 0 Å². The molecule has 2 N–H and O–H groups in total. The van der Waals surface area contributed by atoms with Crippen LogP contribution in [0, 0.1) is 5.82 Å². The van der Waals surface area contributed by atoms with Crippen LogP contribution in [0.3, 0.4) is 0 Å². The lowest BCUT2D eigenvalue weighted by Gasteiger charge is -2.14. The van der Waals surface area contributed by atoms with Crippen LogP contribution in [0.5, 0.6) is 0 Å². The minimum atomic E-state index is -0.237. The maximum absolute atomic E-state index is 13.4. The van der Waals surface area contributed by atoms with Gasteiger partial charge in [0, 0.05) is 6.04 Å². The third-order valence-electron chi connectivity index (χ3n) is 2.78. The van der Waals surface area contributed by atoms with Crippen molar-refractivity contribution in [3.05, 3.63) is 35.6 Å². The fourth-order valence-electron chi connectivity index (χ4n) is 1.81. The van der Waals surface area contributed by atoms with Gasteiger partial charge in [0.1, 0.15) is 5.82 Å². The lowest BCUT2D eigenvalue weighted by atomic mass is 10.1. The summed E-state index contributed by atoms with van der Waals surface area (Å²) in [5.74, 6) is -0.134. The molecule has 0 aliphatic rings. The summed E-state index contributed by atoms with van der Waals surface area (Å²) in [5, 5.41) is 12.4. The summed E-state index contributed by atoms with van der Waals surface area (Å²) < 4.78 is 13.4. The second kappa shape index (κ2) is 7.41. The van der Waals surface area contributed by atoms with Crippen LogP contribution >= 0.6 is 0 Å². The van der Waals surface area contributed by atoms with Gasteiger partial charge in [-0.05, 0) is 51.3 Å². The maximum atomic E-state index is 13.4. The lowest BCUT2D eigenvalue weighted by Crippen LogP contribution is -2.29. The van der Waals surface area contributed by atoms with Gasteiger partial charge in [0.15, 0.2) is 0 Å². The standard InChI is InChI=1S/C14H22FNO/c1-11(16-9-5-6-12(2)17)10-13-7-3-4-8-14(13)15/h3-4,7-8,11-12,16-17H,5-6,9-10H2,1-2H3. The minimum Gasteiger partial charge on any atom is -0.393 e. The average Bonchev–Trinajstić information content (AvgIpc) is 2.27. The highest BCUT2D eigenvalue weighted by Gasteiger charge is 2.06. The normalized spacial score (nSPS) is 14.6. The molecule has 2 atom stereocenters. The Kier molecular flexibility index (Phi) is 6.16. The first-order valence-corrected chi connectivity index (χ1v) is 6.24. The van der Waals surface area contributed by atoms with E-state index in [0.29, 0.717) is 6.42 Å². The molecule has 0 bridgehead atoms. The lowest BCUT2D eigenvalue weighted by molar-refractivity contribution is 0.181. The van der Waals surface area contributed by atoms with Gasteiger partial charge < -0.3 is 10.4 Å². The van der Waals surface area contributed by atoms with E-state index in [-0.39, 0.29) is 18.0 Å². The predicted molar refractivity (Wildman–Crippen MR) is 68.5 cm³/mol. The summed E-state index contributed by atoms with van der Waals surface area (Å²) in [7, 11) is 0. The van der Waals surface area contributed by atoms with Crippen LogP contribution in [0.1, 0.15) is 32.3 Å². The number of hydrogen-bond acceptors (Lipinski definition) is 2. The highest BCUT2D eigenvalue weighted by atomic mass is 19.1. The Labute approximate surface area is 103 Å². The number of hydrogen-bond donors (Lipinski definition) is 2. The van der Waals surface area contributed by atoms with E-state index in [1.165, 1.54) is 6.07 Å². The summed E-state index contributed by atoms with van der Waals surface area (Å²) in [6.07, 6.45) is 2.21. The zero-order chi connectivity index (χ0) is 12.7. The van der Waals surface area contributed by atoms with Crippen molar-refractivity contribution in [2.45, 2.75) is 45.3 Å². The zero-order valence-corrected chi connectivity index (χ0v) is 10.6. The molecule has 0 heterocycles. The molecule has 0 aliphatic carbocycles. The Balaban J connectivity index is 2.25. The third-order valence-corrected chi connectivity index (χ3v) is 2.78. The van der Waals surface area contributed by atoms with E-state index in [1.807, 2.05) is 12.1 Å². The smallest absolute Gasteiger partial charge is 0.126 e. The fourth-order valence-corrected chi connectivity index (χ4v) is 1.81. The van der Waals surface area contributed by atoms with Gasteiger partial charge in [0.2, 0.25) is 0 Å². The molecule has 2 unspecified atom stereocenters. The molecule has 0 spiro atoms.